The number of amides is 2. The smallest absolute Gasteiger partial charge is 0.410 e. The second-order valence-corrected chi connectivity index (χ2v) is 9.19. The van der Waals surface area contributed by atoms with E-state index in [-0.39, 0.29) is 22.1 Å². The number of nitrogens with one attached hydrogen (secondary N) is 1. The highest BCUT2D eigenvalue weighted by Crippen LogP contribution is 2.25. The molecule has 0 aliphatic carbocycles. The maximum Gasteiger partial charge on any atom is 0.410 e. The van der Waals surface area contributed by atoms with E-state index in [4.69, 9.17) is 9.47 Å². The lowest BCUT2D eigenvalue weighted by molar-refractivity contribution is 0.0141. The summed E-state index contributed by atoms with van der Waals surface area (Å²) in [6, 6.07) is 4.28. The van der Waals surface area contributed by atoms with Gasteiger partial charge >= 0.3 is 6.09 Å². The lowest BCUT2D eigenvalue weighted by Crippen LogP contribution is -2.51. The number of hydrogen-bond donors (Lipinski definition) is 1. The van der Waals surface area contributed by atoms with Crippen LogP contribution in [0.3, 0.4) is 0 Å². The summed E-state index contributed by atoms with van der Waals surface area (Å²) in [4.78, 5) is 28.0. The molecule has 1 saturated heterocycles. The maximum atomic E-state index is 12.8. The van der Waals surface area contributed by atoms with E-state index in [0.29, 0.717) is 26.2 Å². The minimum atomic E-state index is -3.78. The van der Waals surface area contributed by atoms with Gasteiger partial charge < -0.3 is 19.3 Å². The minimum Gasteiger partial charge on any atom is -0.495 e. The second-order valence-electron chi connectivity index (χ2n) is 7.33. The predicted molar refractivity (Wildman–Crippen MR) is 103 cm³/mol. The van der Waals surface area contributed by atoms with Crippen LogP contribution in [0.4, 0.5) is 4.79 Å². The zero-order valence-corrected chi connectivity index (χ0v) is 17.6. The summed E-state index contributed by atoms with van der Waals surface area (Å²) in [5.74, 6) is -0.153. The van der Waals surface area contributed by atoms with Gasteiger partial charge in [0.1, 0.15) is 16.2 Å². The summed E-state index contributed by atoms with van der Waals surface area (Å²) in [6.45, 7) is 6.74. The van der Waals surface area contributed by atoms with Gasteiger partial charge in [0.05, 0.1) is 7.11 Å². The third-order valence-corrected chi connectivity index (χ3v) is 5.62. The number of hydrogen-bond acceptors (Lipinski definition) is 6. The molecule has 10 heteroatoms. The lowest BCUT2D eigenvalue weighted by atomic mass is 10.1. The van der Waals surface area contributed by atoms with Crippen molar-refractivity contribution in [2.75, 3.05) is 40.3 Å². The normalized spacial score (nSPS) is 15.3. The van der Waals surface area contributed by atoms with Crippen LogP contribution in [0.2, 0.25) is 0 Å². The van der Waals surface area contributed by atoms with Crippen molar-refractivity contribution >= 4 is 22.0 Å². The van der Waals surface area contributed by atoms with E-state index >= 15 is 0 Å². The molecule has 0 unspecified atom stereocenters. The molecule has 1 aliphatic heterocycles. The molecular weight excluding hydrogens is 386 g/mol. The fourth-order valence-corrected chi connectivity index (χ4v) is 3.65. The molecule has 28 heavy (non-hydrogen) atoms. The molecule has 1 N–H and O–H groups in total. The summed E-state index contributed by atoms with van der Waals surface area (Å²) in [7, 11) is -1.13. The SMILES string of the molecule is CNS(=O)(=O)c1cc(C(=O)N2CCN(C(=O)OC(C)(C)C)CC2)ccc1OC. The number of carbonyl (C=O) groups excluding carboxylic acids is 2. The maximum absolute atomic E-state index is 12.8. The number of nitrogens with zero attached hydrogens (tertiary/aromatic N) is 2. The van der Waals surface area contributed by atoms with Gasteiger partial charge in [-0.3, -0.25) is 4.79 Å². The van der Waals surface area contributed by atoms with Gasteiger partial charge in [0, 0.05) is 31.7 Å². The first-order valence-corrected chi connectivity index (χ1v) is 10.4. The molecule has 9 nitrogen and oxygen atoms in total. The van der Waals surface area contributed by atoms with Crippen molar-refractivity contribution in [3.05, 3.63) is 23.8 Å². The average molecular weight is 413 g/mol. The van der Waals surface area contributed by atoms with Crippen molar-refractivity contribution in [1.82, 2.24) is 14.5 Å². The Labute approximate surface area is 165 Å². The van der Waals surface area contributed by atoms with Gasteiger partial charge in [-0.25, -0.2) is 17.9 Å². The van der Waals surface area contributed by atoms with E-state index < -0.39 is 21.7 Å². The van der Waals surface area contributed by atoms with Crippen molar-refractivity contribution in [3.8, 4) is 5.75 Å². The number of sulfonamides is 1. The molecule has 0 radical (unpaired) electrons. The van der Waals surface area contributed by atoms with Gasteiger partial charge in [-0.15, -0.1) is 0 Å². The molecule has 0 atom stereocenters. The van der Waals surface area contributed by atoms with E-state index in [1.807, 2.05) is 0 Å². The summed E-state index contributed by atoms with van der Waals surface area (Å²) in [6.07, 6.45) is -0.411. The van der Waals surface area contributed by atoms with Gasteiger partial charge in [-0.1, -0.05) is 0 Å². The highest BCUT2D eigenvalue weighted by atomic mass is 32.2. The quantitative estimate of drug-likeness (QED) is 0.798. The van der Waals surface area contributed by atoms with Crippen LogP contribution in [0.5, 0.6) is 5.75 Å². The number of ether oxygens (including phenoxy) is 2. The van der Waals surface area contributed by atoms with Crippen LogP contribution in [0.1, 0.15) is 31.1 Å². The lowest BCUT2D eigenvalue weighted by Gasteiger charge is -2.35. The fraction of sp³-hybridized carbons (Fsp3) is 0.556. The first kappa shape index (κ1) is 22.0. The Kier molecular flexibility index (Phi) is 6.56. The van der Waals surface area contributed by atoms with Gasteiger partial charge in [-0.2, -0.15) is 0 Å². The Morgan fingerprint density at radius 1 is 1.07 bits per heavy atom. The highest BCUT2D eigenvalue weighted by molar-refractivity contribution is 7.89. The zero-order chi connectivity index (χ0) is 21.1. The molecule has 156 valence electrons. The van der Waals surface area contributed by atoms with Gasteiger partial charge in [0.2, 0.25) is 10.0 Å². The molecule has 0 aromatic heterocycles. The van der Waals surface area contributed by atoms with Crippen LogP contribution in [-0.4, -0.2) is 76.2 Å². The van der Waals surface area contributed by atoms with E-state index in [1.165, 1.54) is 32.4 Å². The van der Waals surface area contributed by atoms with E-state index in [1.54, 1.807) is 30.6 Å². The largest absolute Gasteiger partial charge is 0.495 e. The molecule has 0 saturated carbocycles. The molecule has 1 aliphatic rings. The summed E-state index contributed by atoms with van der Waals surface area (Å²) in [5.41, 5.74) is -0.345. The molecule has 1 aromatic carbocycles. The van der Waals surface area contributed by atoms with E-state index in [9.17, 15) is 18.0 Å². The molecule has 0 spiro atoms. The van der Waals surface area contributed by atoms with Crippen LogP contribution >= 0.6 is 0 Å². The summed E-state index contributed by atoms with van der Waals surface area (Å²) >= 11 is 0. The van der Waals surface area contributed by atoms with Crippen molar-refractivity contribution in [1.29, 1.82) is 0 Å². The molecule has 2 rings (SSSR count). The molecule has 1 heterocycles. The van der Waals surface area contributed by atoms with Crippen LogP contribution in [0, 0.1) is 0 Å². The summed E-state index contributed by atoms with van der Waals surface area (Å²) in [5, 5.41) is 0. The van der Waals surface area contributed by atoms with E-state index in [2.05, 4.69) is 4.72 Å². The van der Waals surface area contributed by atoms with E-state index in [0.717, 1.165) is 0 Å². The molecule has 0 bridgehead atoms. The average Bonchev–Trinajstić information content (AvgIpc) is 2.65. The van der Waals surface area contributed by atoms with Gasteiger partial charge in [0.15, 0.2) is 0 Å². The standard InChI is InChI=1S/C18H27N3O6S/c1-18(2,3)27-17(23)21-10-8-20(9-11-21)16(22)13-6-7-14(26-5)15(12-13)28(24,25)19-4/h6-7,12,19H,8-11H2,1-5H3. The third-order valence-electron chi connectivity index (χ3n) is 4.19. The Morgan fingerprint density at radius 2 is 1.64 bits per heavy atom. The van der Waals surface area contributed by atoms with Gasteiger partial charge in [-0.05, 0) is 46.0 Å². The van der Waals surface area contributed by atoms with Crippen molar-refractivity contribution in [3.63, 3.8) is 0 Å². The van der Waals surface area contributed by atoms with Crippen LogP contribution in [-0.2, 0) is 14.8 Å². The van der Waals surface area contributed by atoms with Crippen LogP contribution < -0.4 is 9.46 Å². The Balaban J connectivity index is 2.12. The third kappa shape index (κ3) is 5.14. The fourth-order valence-electron chi connectivity index (χ4n) is 2.73. The first-order valence-electron chi connectivity index (χ1n) is 8.87. The van der Waals surface area contributed by atoms with Gasteiger partial charge in [0.25, 0.3) is 5.91 Å². The number of methoxy groups -OCH3 is 1. The topological polar surface area (TPSA) is 105 Å². The first-order chi connectivity index (χ1) is 13.0. The van der Waals surface area contributed by atoms with Crippen molar-refractivity contribution in [2.24, 2.45) is 0 Å². The molecule has 2 amide bonds. The van der Waals surface area contributed by atoms with Crippen molar-refractivity contribution < 1.29 is 27.5 Å². The molecule has 1 fully saturated rings. The Morgan fingerprint density at radius 3 is 2.14 bits per heavy atom. The Bertz CT molecular complexity index is 839. The second kappa shape index (κ2) is 8.36. The highest BCUT2D eigenvalue weighted by Gasteiger charge is 2.29. The summed E-state index contributed by atoms with van der Waals surface area (Å²) < 4.78 is 37.0. The zero-order valence-electron chi connectivity index (χ0n) is 16.8. The number of rotatable bonds is 4. The predicted octanol–water partition coefficient (Wildman–Crippen LogP) is 1.30. The number of carbonyl (C=O) groups is 2. The molecular formula is C18H27N3O6S. The minimum absolute atomic E-state index is 0.101. The Hall–Kier alpha value is -2.33. The number of piperazine rings is 1. The monoisotopic (exact) mass is 413 g/mol. The molecule has 1 aromatic rings. The van der Waals surface area contributed by atoms with Crippen LogP contribution in [0.15, 0.2) is 23.1 Å². The number of benzene rings is 1. The van der Waals surface area contributed by atoms with Crippen molar-refractivity contribution in [2.45, 2.75) is 31.3 Å². The van der Waals surface area contributed by atoms with Crippen LogP contribution in [0.25, 0.3) is 0 Å².